The molecule has 0 radical (unpaired) electrons. The lowest BCUT2D eigenvalue weighted by molar-refractivity contribution is 0.101. The van der Waals surface area contributed by atoms with Crippen molar-refractivity contribution in [1.82, 2.24) is 0 Å². The first-order chi connectivity index (χ1) is 8.12. The Balaban J connectivity index is 3.63. The lowest BCUT2D eigenvalue weighted by Crippen LogP contribution is -1.91. The van der Waals surface area contributed by atoms with Gasteiger partial charge in [-0.15, -0.1) is 0 Å². The van der Waals surface area contributed by atoms with Gasteiger partial charge in [0.2, 0.25) is 0 Å². The maximum Gasteiger partial charge on any atom is 0.159 e. The van der Waals surface area contributed by atoms with Crippen LogP contribution in [0.5, 0.6) is 5.75 Å². The van der Waals surface area contributed by atoms with E-state index in [-0.39, 0.29) is 5.75 Å². The Morgan fingerprint density at radius 3 is 2.64 bits per heavy atom. The Kier molecular flexibility index (Phi) is 0.762. The predicted octanol–water partition coefficient (Wildman–Crippen LogP) is 1.90. The van der Waals surface area contributed by atoms with E-state index in [0.29, 0.717) is 0 Å². The van der Waals surface area contributed by atoms with E-state index in [1.807, 2.05) is 0 Å². The monoisotopic (exact) mass is 157 g/mol. The number of Topliss-reactive ketones (excluding diaryl/α,β-unsaturated/α-hetero) is 1. The quantitative estimate of drug-likeness (QED) is 0.613. The second kappa shape index (κ2) is 3.19. The molecule has 1 rings (SSSR count). The first-order valence-electron chi connectivity index (χ1n) is 6.32. The molecule has 0 aliphatic heterocycles. The van der Waals surface area contributed by atoms with Gasteiger partial charge in [-0.2, -0.15) is 0 Å². The van der Waals surface area contributed by atoms with E-state index in [0.717, 1.165) is 7.11 Å². The van der Waals surface area contributed by atoms with E-state index in [9.17, 15) is 4.79 Å². The number of carbonyl (C=O) groups excluding carboxylic acids is 1. The second-order valence-corrected chi connectivity index (χ2v) is 1.74. The Bertz CT molecular complexity index is 478. The summed E-state index contributed by atoms with van der Waals surface area (Å²) in [6.07, 6.45) is 0. The lowest BCUT2D eigenvalue weighted by Gasteiger charge is -1.98. The molecule has 0 atom stereocenters. The number of ether oxygens (including phenoxy) is 1. The molecule has 0 spiro atoms. The van der Waals surface area contributed by atoms with E-state index < -0.39 is 42.4 Å². The summed E-state index contributed by atoms with van der Waals surface area (Å²) in [5, 5.41) is 0. The summed E-state index contributed by atoms with van der Waals surface area (Å²) in [5.74, 6) is -1.74. The van der Waals surface area contributed by atoms with Gasteiger partial charge in [0.1, 0.15) is 5.75 Å². The summed E-state index contributed by atoms with van der Waals surface area (Å²) in [5.41, 5.74) is -0.745. The van der Waals surface area contributed by atoms with Crippen LogP contribution in [0.25, 0.3) is 0 Å². The van der Waals surface area contributed by atoms with Crippen molar-refractivity contribution in [3.05, 3.63) is 29.7 Å². The smallest absolute Gasteiger partial charge is 0.159 e. The van der Waals surface area contributed by atoms with Crippen molar-refractivity contribution >= 4 is 5.78 Å². The largest absolute Gasteiger partial charge is 0.497 e. The first-order valence-corrected chi connectivity index (χ1v) is 2.82. The van der Waals surface area contributed by atoms with Gasteiger partial charge in [0.15, 0.2) is 5.78 Å². The van der Waals surface area contributed by atoms with Gasteiger partial charge in [-0.3, -0.25) is 4.79 Å². The van der Waals surface area contributed by atoms with Crippen LogP contribution in [0.3, 0.4) is 0 Å². The summed E-state index contributed by atoms with van der Waals surface area (Å²) in [6, 6.07) is -2.58. The maximum absolute atomic E-state index is 11.6. The highest BCUT2D eigenvalue weighted by Gasteiger charge is 1.97. The molecule has 2 heteroatoms. The Labute approximate surface area is 75.6 Å². The molecule has 0 bridgehead atoms. The maximum atomic E-state index is 11.6. The highest BCUT2D eigenvalue weighted by atomic mass is 16.5. The van der Waals surface area contributed by atoms with Gasteiger partial charge < -0.3 is 4.74 Å². The average Bonchev–Trinajstić information content (AvgIpc) is 2.26. The number of methoxy groups -OCH3 is 1. The summed E-state index contributed by atoms with van der Waals surface area (Å²) < 4.78 is 55.7. The van der Waals surface area contributed by atoms with Gasteiger partial charge in [-0.25, -0.2) is 0 Å². The summed E-state index contributed by atoms with van der Waals surface area (Å²) >= 11 is 0. The topological polar surface area (TPSA) is 26.3 Å². The van der Waals surface area contributed by atoms with Crippen LogP contribution in [0, 0.1) is 0 Å². The van der Waals surface area contributed by atoms with Crippen LogP contribution in [-0.2, 0) is 0 Å². The molecule has 0 saturated heterocycles. The zero-order valence-electron chi connectivity index (χ0n) is 12.8. The van der Waals surface area contributed by atoms with Crippen LogP contribution in [0.15, 0.2) is 24.2 Å². The molecule has 11 heavy (non-hydrogen) atoms. The molecule has 0 aliphatic carbocycles. The third-order valence-electron chi connectivity index (χ3n) is 1.03. The minimum absolute atomic E-state index is 0.327. The third-order valence-corrected chi connectivity index (χ3v) is 1.03. The number of ketones is 1. The van der Waals surface area contributed by atoms with E-state index in [1.165, 1.54) is 0 Å². The summed E-state index contributed by atoms with van der Waals surface area (Å²) in [7, 11) is 1.16. The highest BCUT2D eigenvalue weighted by molar-refractivity contribution is 5.94. The molecular formula is C9H10O2. The van der Waals surface area contributed by atoms with Crippen LogP contribution < -0.4 is 4.74 Å². The second-order valence-electron chi connectivity index (χ2n) is 1.74. The van der Waals surface area contributed by atoms with Gasteiger partial charge in [-0.1, -0.05) is 0 Å². The van der Waals surface area contributed by atoms with Gasteiger partial charge in [0, 0.05) is 9.68 Å². The van der Waals surface area contributed by atoms with E-state index >= 15 is 0 Å². The van der Waals surface area contributed by atoms with Gasteiger partial charge in [0.05, 0.1) is 12.6 Å². The standard InChI is InChI=1S/C9H10O2/c1-7(10)8-3-5-9(11-2)6-4-8/h3-6H,1-2H3/i1D3,3D,4D,5D,6D. The first kappa shape index (κ1) is 2.63. The molecule has 2 nitrogen and oxygen atoms in total. The predicted molar refractivity (Wildman–Crippen MR) is 43.0 cm³/mol. The third kappa shape index (κ3) is 1.80. The van der Waals surface area contributed by atoms with E-state index in [2.05, 4.69) is 0 Å². The lowest BCUT2D eigenvalue weighted by atomic mass is 10.1. The molecule has 0 N–H and O–H groups in total. The van der Waals surface area contributed by atoms with E-state index in [1.54, 1.807) is 0 Å². The van der Waals surface area contributed by atoms with Crippen molar-refractivity contribution < 1.29 is 19.1 Å². The minimum atomic E-state index is -3.01. The fraction of sp³-hybridized carbons (Fsp3) is 0.222. The fourth-order valence-corrected chi connectivity index (χ4v) is 0.517. The SMILES string of the molecule is [2H]c1c([2H])c(C(=O)C([2H])([2H])[2H])c([2H])c([2H])c1OC. The molecule has 0 aromatic heterocycles. The number of rotatable bonds is 2. The molecule has 0 amide bonds. The molecule has 0 aliphatic rings. The zero-order valence-corrected chi connectivity index (χ0v) is 5.82. The molecule has 0 heterocycles. The van der Waals surface area contributed by atoms with Crippen molar-refractivity contribution in [1.29, 1.82) is 0 Å². The van der Waals surface area contributed by atoms with Crippen molar-refractivity contribution in [3.63, 3.8) is 0 Å². The number of hydrogen-bond donors (Lipinski definition) is 0. The van der Waals surface area contributed by atoms with Crippen molar-refractivity contribution in [2.75, 3.05) is 7.11 Å². The van der Waals surface area contributed by atoms with Crippen molar-refractivity contribution in [2.24, 2.45) is 0 Å². The molecule has 0 saturated carbocycles. The number of benzene rings is 1. The van der Waals surface area contributed by atoms with Crippen LogP contribution in [0.4, 0.5) is 0 Å². The number of carbonyl (C=O) groups is 1. The highest BCUT2D eigenvalue weighted by Crippen LogP contribution is 2.11. The Morgan fingerprint density at radius 2 is 2.18 bits per heavy atom. The van der Waals surface area contributed by atoms with Crippen LogP contribution >= 0.6 is 0 Å². The Hall–Kier alpha value is -1.31. The Morgan fingerprint density at radius 1 is 1.55 bits per heavy atom. The number of hydrogen-bond acceptors (Lipinski definition) is 2. The van der Waals surface area contributed by atoms with Crippen LogP contribution in [-0.4, -0.2) is 12.9 Å². The fourth-order valence-electron chi connectivity index (χ4n) is 0.517. The van der Waals surface area contributed by atoms with Crippen molar-refractivity contribution in [3.8, 4) is 5.75 Å². The van der Waals surface area contributed by atoms with Crippen molar-refractivity contribution in [2.45, 2.75) is 6.85 Å². The van der Waals surface area contributed by atoms with E-state index in [4.69, 9.17) is 14.3 Å². The molecule has 0 fully saturated rings. The molecule has 1 aromatic rings. The summed E-state index contributed by atoms with van der Waals surface area (Å²) in [4.78, 5) is 11.6. The normalized spacial score (nSPS) is 19.5. The molecule has 58 valence electrons. The molecule has 0 unspecified atom stereocenters. The van der Waals surface area contributed by atoms with Gasteiger partial charge in [0.25, 0.3) is 0 Å². The van der Waals surface area contributed by atoms with Gasteiger partial charge >= 0.3 is 0 Å². The zero-order chi connectivity index (χ0) is 14.2. The average molecular weight is 157 g/mol. The summed E-state index contributed by atoms with van der Waals surface area (Å²) in [6.45, 7) is -3.01. The van der Waals surface area contributed by atoms with Crippen LogP contribution in [0.2, 0.25) is 0 Å². The van der Waals surface area contributed by atoms with Gasteiger partial charge in [-0.05, 0) is 31.0 Å². The minimum Gasteiger partial charge on any atom is -0.497 e. The molecular weight excluding hydrogens is 140 g/mol. The van der Waals surface area contributed by atoms with Crippen LogP contribution in [0.1, 0.15) is 26.8 Å². The molecule has 1 aromatic carbocycles.